The first-order valence-corrected chi connectivity index (χ1v) is 9.00. The van der Waals surface area contributed by atoms with Gasteiger partial charge >= 0.3 is 0 Å². The maximum atomic E-state index is 12.5. The Morgan fingerprint density at radius 2 is 1.83 bits per heavy atom. The number of benzene rings is 1. The van der Waals surface area contributed by atoms with Crippen molar-refractivity contribution in [2.75, 3.05) is 5.75 Å². The Labute approximate surface area is 147 Å². The van der Waals surface area contributed by atoms with Crippen molar-refractivity contribution >= 4 is 17.7 Å². The Hall–Kier alpha value is -2.32. The van der Waals surface area contributed by atoms with E-state index in [1.54, 1.807) is 36.3 Å². The summed E-state index contributed by atoms with van der Waals surface area (Å²) in [6.45, 7) is 4.61. The molecule has 2 rings (SSSR count). The molecule has 24 heavy (non-hydrogen) atoms. The second-order valence-electron chi connectivity index (χ2n) is 5.77. The largest absolute Gasteiger partial charge is 0.335 e. The first-order valence-electron chi connectivity index (χ1n) is 7.85. The van der Waals surface area contributed by atoms with Crippen molar-refractivity contribution < 1.29 is 4.79 Å². The van der Waals surface area contributed by atoms with E-state index >= 15 is 0 Å². The van der Waals surface area contributed by atoms with Crippen LogP contribution in [0.1, 0.15) is 30.5 Å². The van der Waals surface area contributed by atoms with Crippen LogP contribution in [-0.4, -0.2) is 27.6 Å². The summed E-state index contributed by atoms with van der Waals surface area (Å²) in [4.78, 5) is 18.4. The van der Waals surface area contributed by atoms with Crippen LogP contribution in [0.5, 0.6) is 0 Å². The highest BCUT2D eigenvalue weighted by Gasteiger charge is 2.17. The number of aromatic nitrogens is 1. The monoisotopic (exact) mass is 339 g/mol. The fourth-order valence-electron chi connectivity index (χ4n) is 2.26. The minimum absolute atomic E-state index is 0.133. The zero-order valence-electron chi connectivity index (χ0n) is 14.0. The molecule has 0 radical (unpaired) electrons. The molecule has 2 aromatic rings. The van der Waals surface area contributed by atoms with Gasteiger partial charge in [0.25, 0.3) is 0 Å². The maximum absolute atomic E-state index is 12.5. The van der Waals surface area contributed by atoms with Crippen LogP contribution in [0.15, 0.2) is 48.8 Å². The topological polar surface area (TPSA) is 57.0 Å². The summed E-state index contributed by atoms with van der Waals surface area (Å²) in [5.74, 6) is 1.39. The third-order valence-electron chi connectivity index (χ3n) is 3.62. The molecule has 124 valence electrons. The van der Waals surface area contributed by atoms with Crippen LogP contribution in [0.4, 0.5) is 0 Å². The van der Waals surface area contributed by atoms with E-state index in [9.17, 15) is 4.79 Å². The standard InChI is InChI=1S/C19H21N3OS/c1-15(2)22(12-17-5-3-16(11-20)4-6-17)19(23)14-24-13-18-7-9-21-10-8-18/h3-10,15H,12-14H2,1-2H3. The number of hydrogen-bond acceptors (Lipinski definition) is 4. The third-order valence-corrected chi connectivity index (χ3v) is 4.61. The lowest BCUT2D eigenvalue weighted by molar-refractivity contribution is -0.130. The lowest BCUT2D eigenvalue weighted by Crippen LogP contribution is -2.37. The molecule has 0 saturated carbocycles. The van der Waals surface area contributed by atoms with Crippen LogP contribution in [0.3, 0.4) is 0 Å². The molecular weight excluding hydrogens is 318 g/mol. The highest BCUT2D eigenvalue weighted by molar-refractivity contribution is 7.99. The first kappa shape index (κ1) is 18.0. The SMILES string of the molecule is CC(C)N(Cc1ccc(C#N)cc1)C(=O)CSCc1ccncc1. The molecule has 5 heteroatoms. The van der Waals surface area contributed by atoms with Crippen LogP contribution in [0, 0.1) is 11.3 Å². The fraction of sp³-hybridized carbons (Fsp3) is 0.316. The second-order valence-corrected chi connectivity index (χ2v) is 6.76. The number of pyridine rings is 1. The van der Waals surface area contributed by atoms with Gasteiger partial charge in [0.2, 0.25) is 5.91 Å². The van der Waals surface area contributed by atoms with Gasteiger partial charge in [-0.15, -0.1) is 11.8 Å². The Bertz CT molecular complexity index is 693. The third kappa shape index (κ3) is 5.39. The van der Waals surface area contributed by atoms with E-state index in [-0.39, 0.29) is 11.9 Å². The summed E-state index contributed by atoms with van der Waals surface area (Å²) >= 11 is 1.61. The minimum atomic E-state index is 0.133. The van der Waals surface area contributed by atoms with E-state index in [0.29, 0.717) is 17.9 Å². The van der Waals surface area contributed by atoms with Crippen LogP contribution < -0.4 is 0 Å². The van der Waals surface area contributed by atoms with Crippen molar-refractivity contribution in [1.29, 1.82) is 5.26 Å². The summed E-state index contributed by atoms with van der Waals surface area (Å²) < 4.78 is 0. The van der Waals surface area contributed by atoms with Gasteiger partial charge in [-0.05, 0) is 49.2 Å². The number of carbonyl (C=O) groups is 1. The number of amides is 1. The molecule has 1 aromatic heterocycles. The Morgan fingerprint density at radius 1 is 1.17 bits per heavy atom. The van der Waals surface area contributed by atoms with Crippen molar-refractivity contribution in [3.8, 4) is 6.07 Å². The van der Waals surface area contributed by atoms with Gasteiger partial charge in [-0.1, -0.05) is 12.1 Å². The molecule has 0 saturated heterocycles. The van der Waals surface area contributed by atoms with Crippen LogP contribution in [0.25, 0.3) is 0 Å². The molecule has 1 heterocycles. The number of carbonyl (C=O) groups excluding carboxylic acids is 1. The molecule has 1 aromatic carbocycles. The number of hydrogen-bond donors (Lipinski definition) is 0. The van der Waals surface area contributed by atoms with Crippen molar-refractivity contribution in [1.82, 2.24) is 9.88 Å². The van der Waals surface area contributed by atoms with Gasteiger partial charge in [0, 0.05) is 30.7 Å². The van der Waals surface area contributed by atoms with E-state index in [0.717, 1.165) is 11.3 Å². The van der Waals surface area contributed by atoms with Crippen molar-refractivity contribution in [3.63, 3.8) is 0 Å². The van der Waals surface area contributed by atoms with E-state index in [2.05, 4.69) is 11.1 Å². The highest BCUT2D eigenvalue weighted by Crippen LogP contribution is 2.15. The van der Waals surface area contributed by atoms with E-state index in [1.165, 1.54) is 5.56 Å². The normalized spacial score (nSPS) is 10.4. The van der Waals surface area contributed by atoms with Crippen molar-refractivity contribution in [3.05, 3.63) is 65.5 Å². The van der Waals surface area contributed by atoms with Gasteiger partial charge < -0.3 is 4.90 Å². The Balaban J connectivity index is 1.91. The molecule has 4 nitrogen and oxygen atoms in total. The molecule has 0 spiro atoms. The molecule has 0 atom stereocenters. The predicted molar refractivity (Wildman–Crippen MR) is 97.2 cm³/mol. The van der Waals surface area contributed by atoms with Gasteiger partial charge in [-0.2, -0.15) is 5.26 Å². The smallest absolute Gasteiger partial charge is 0.233 e. The fourth-order valence-corrected chi connectivity index (χ4v) is 3.13. The van der Waals surface area contributed by atoms with E-state index < -0.39 is 0 Å². The average molecular weight is 339 g/mol. The molecule has 0 N–H and O–H groups in total. The quantitative estimate of drug-likeness (QED) is 0.773. The molecule has 0 fully saturated rings. The lowest BCUT2D eigenvalue weighted by Gasteiger charge is -2.27. The van der Waals surface area contributed by atoms with Gasteiger partial charge in [-0.3, -0.25) is 9.78 Å². The molecule has 0 aliphatic rings. The van der Waals surface area contributed by atoms with Crippen LogP contribution in [0.2, 0.25) is 0 Å². The molecule has 1 amide bonds. The number of thioether (sulfide) groups is 1. The molecule has 0 unspecified atom stereocenters. The summed E-state index contributed by atoms with van der Waals surface area (Å²) in [6, 6.07) is 13.6. The molecule has 0 aliphatic carbocycles. The highest BCUT2D eigenvalue weighted by atomic mass is 32.2. The zero-order chi connectivity index (χ0) is 17.4. The second kappa shape index (κ2) is 9.09. The number of nitriles is 1. The summed E-state index contributed by atoms with van der Waals surface area (Å²) in [5, 5.41) is 8.86. The molecule has 0 bridgehead atoms. The van der Waals surface area contributed by atoms with E-state index in [4.69, 9.17) is 5.26 Å². The number of nitrogens with zero attached hydrogens (tertiary/aromatic N) is 3. The Kier molecular flexibility index (Phi) is 6.83. The molecule has 0 aliphatic heterocycles. The van der Waals surface area contributed by atoms with Gasteiger partial charge in [0.1, 0.15) is 0 Å². The molecular formula is C19H21N3OS. The predicted octanol–water partition coefficient (Wildman–Crippen LogP) is 3.62. The zero-order valence-corrected chi connectivity index (χ0v) is 14.8. The maximum Gasteiger partial charge on any atom is 0.233 e. The first-order chi connectivity index (χ1) is 11.6. The van der Waals surface area contributed by atoms with Gasteiger partial charge in [0.15, 0.2) is 0 Å². The summed E-state index contributed by atoms with van der Waals surface area (Å²) in [6.07, 6.45) is 3.53. The minimum Gasteiger partial charge on any atom is -0.335 e. The van der Waals surface area contributed by atoms with Crippen LogP contribution >= 0.6 is 11.8 Å². The summed E-state index contributed by atoms with van der Waals surface area (Å²) in [7, 11) is 0. The van der Waals surface area contributed by atoms with Crippen LogP contribution in [-0.2, 0) is 17.1 Å². The Morgan fingerprint density at radius 3 is 2.42 bits per heavy atom. The van der Waals surface area contributed by atoms with E-state index in [1.807, 2.05) is 43.0 Å². The van der Waals surface area contributed by atoms with Crippen molar-refractivity contribution in [2.24, 2.45) is 0 Å². The van der Waals surface area contributed by atoms with Crippen molar-refractivity contribution in [2.45, 2.75) is 32.2 Å². The average Bonchev–Trinajstić information content (AvgIpc) is 2.60. The van der Waals surface area contributed by atoms with Gasteiger partial charge in [0.05, 0.1) is 17.4 Å². The van der Waals surface area contributed by atoms with Gasteiger partial charge in [-0.25, -0.2) is 0 Å². The lowest BCUT2D eigenvalue weighted by atomic mass is 10.1. The summed E-state index contributed by atoms with van der Waals surface area (Å²) in [5.41, 5.74) is 2.84. The number of rotatable bonds is 7.